The van der Waals surface area contributed by atoms with Crippen molar-refractivity contribution >= 4 is 0 Å². The van der Waals surface area contributed by atoms with Crippen LogP contribution in [0, 0.1) is 5.92 Å². The highest BCUT2D eigenvalue weighted by Gasteiger charge is 2.24. The van der Waals surface area contributed by atoms with Crippen molar-refractivity contribution in [1.82, 2.24) is 10.6 Å². The second kappa shape index (κ2) is 5.72. The summed E-state index contributed by atoms with van der Waals surface area (Å²) in [5.74, 6) is 1.79. The number of ether oxygens (including phenoxy) is 1. The van der Waals surface area contributed by atoms with E-state index in [0.29, 0.717) is 0 Å². The van der Waals surface area contributed by atoms with Gasteiger partial charge in [0.15, 0.2) is 0 Å². The topological polar surface area (TPSA) is 33.3 Å². The third-order valence-electron chi connectivity index (χ3n) is 3.70. The highest BCUT2D eigenvalue weighted by molar-refractivity contribution is 5.39. The molecule has 1 aliphatic rings. The summed E-state index contributed by atoms with van der Waals surface area (Å²) in [4.78, 5) is 0. The number of benzene rings is 1. The first kappa shape index (κ1) is 13.4. The van der Waals surface area contributed by atoms with Crippen molar-refractivity contribution in [3.8, 4) is 5.75 Å². The standard InChI is InChI=1S/C15H24N2O/c1-15(2,11-17-10-12-8-16-9-12)13-6-4-5-7-14(13)18-3/h4-7,12,16-17H,8-11H2,1-3H3. The lowest BCUT2D eigenvalue weighted by molar-refractivity contribution is 0.317. The van der Waals surface area contributed by atoms with Crippen molar-refractivity contribution in [2.45, 2.75) is 19.3 Å². The zero-order valence-electron chi connectivity index (χ0n) is 11.6. The lowest BCUT2D eigenvalue weighted by Gasteiger charge is -2.31. The van der Waals surface area contributed by atoms with Crippen LogP contribution >= 0.6 is 0 Å². The van der Waals surface area contributed by atoms with E-state index in [1.807, 2.05) is 12.1 Å². The van der Waals surface area contributed by atoms with Crippen molar-refractivity contribution in [3.63, 3.8) is 0 Å². The molecule has 100 valence electrons. The number of nitrogens with one attached hydrogen (secondary N) is 2. The molecule has 1 fully saturated rings. The van der Waals surface area contributed by atoms with E-state index in [4.69, 9.17) is 4.74 Å². The maximum Gasteiger partial charge on any atom is 0.122 e. The Kier molecular flexibility index (Phi) is 4.25. The fraction of sp³-hybridized carbons (Fsp3) is 0.600. The molecule has 2 rings (SSSR count). The zero-order valence-corrected chi connectivity index (χ0v) is 11.6. The van der Waals surface area contributed by atoms with Gasteiger partial charge in [0.1, 0.15) is 5.75 Å². The van der Waals surface area contributed by atoms with Gasteiger partial charge in [-0.2, -0.15) is 0 Å². The van der Waals surface area contributed by atoms with Crippen LogP contribution in [0.4, 0.5) is 0 Å². The minimum atomic E-state index is 0.0871. The summed E-state index contributed by atoms with van der Waals surface area (Å²) in [6.45, 7) is 8.91. The number of rotatable bonds is 6. The first-order valence-corrected chi connectivity index (χ1v) is 6.68. The first-order chi connectivity index (χ1) is 8.63. The van der Waals surface area contributed by atoms with E-state index in [9.17, 15) is 0 Å². The molecule has 0 aromatic heterocycles. The Bertz CT molecular complexity index is 386. The van der Waals surface area contributed by atoms with Crippen molar-refractivity contribution in [2.75, 3.05) is 33.3 Å². The van der Waals surface area contributed by atoms with Crippen molar-refractivity contribution in [1.29, 1.82) is 0 Å². The van der Waals surface area contributed by atoms with Crippen LogP contribution < -0.4 is 15.4 Å². The van der Waals surface area contributed by atoms with Crippen LogP contribution in [0.3, 0.4) is 0 Å². The van der Waals surface area contributed by atoms with Gasteiger partial charge in [-0.3, -0.25) is 0 Å². The summed E-state index contributed by atoms with van der Waals surface area (Å²) in [6.07, 6.45) is 0. The highest BCUT2D eigenvalue weighted by atomic mass is 16.5. The molecule has 1 saturated heterocycles. The number of hydrogen-bond donors (Lipinski definition) is 2. The maximum absolute atomic E-state index is 5.45. The maximum atomic E-state index is 5.45. The molecular weight excluding hydrogens is 224 g/mol. The molecule has 3 heteroatoms. The summed E-state index contributed by atoms with van der Waals surface area (Å²) in [6, 6.07) is 8.29. The monoisotopic (exact) mass is 248 g/mol. The quantitative estimate of drug-likeness (QED) is 0.805. The van der Waals surface area contributed by atoms with E-state index in [2.05, 4.69) is 36.6 Å². The summed E-state index contributed by atoms with van der Waals surface area (Å²) in [5.41, 5.74) is 1.36. The predicted molar refractivity (Wildman–Crippen MR) is 75.2 cm³/mol. The van der Waals surface area contributed by atoms with Crippen molar-refractivity contribution in [3.05, 3.63) is 29.8 Å². The Morgan fingerprint density at radius 1 is 1.33 bits per heavy atom. The molecule has 1 aromatic carbocycles. The van der Waals surface area contributed by atoms with Gasteiger partial charge < -0.3 is 15.4 Å². The molecule has 0 unspecified atom stereocenters. The van der Waals surface area contributed by atoms with Crippen molar-refractivity contribution < 1.29 is 4.74 Å². The fourth-order valence-corrected chi connectivity index (χ4v) is 2.38. The summed E-state index contributed by atoms with van der Waals surface area (Å²) in [7, 11) is 1.74. The Labute approximate surface area is 110 Å². The van der Waals surface area contributed by atoms with Crippen LogP contribution in [0.1, 0.15) is 19.4 Å². The third-order valence-corrected chi connectivity index (χ3v) is 3.70. The Hall–Kier alpha value is -1.06. The molecule has 1 aromatic rings. The molecule has 0 radical (unpaired) electrons. The first-order valence-electron chi connectivity index (χ1n) is 6.68. The zero-order chi connectivity index (χ0) is 13.0. The van der Waals surface area contributed by atoms with Gasteiger partial charge in [0.2, 0.25) is 0 Å². The van der Waals surface area contributed by atoms with E-state index in [-0.39, 0.29) is 5.41 Å². The van der Waals surface area contributed by atoms with Gasteiger partial charge in [0.05, 0.1) is 7.11 Å². The van der Waals surface area contributed by atoms with Crippen LogP contribution in [-0.2, 0) is 5.41 Å². The van der Waals surface area contributed by atoms with Crippen LogP contribution in [0.25, 0.3) is 0 Å². The molecule has 0 atom stereocenters. The smallest absolute Gasteiger partial charge is 0.122 e. The summed E-state index contributed by atoms with van der Waals surface area (Å²) in [5, 5.41) is 6.88. The van der Waals surface area contributed by atoms with Crippen LogP contribution in [0.15, 0.2) is 24.3 Å². The molecule has 0 amide bonds. The van der Waals surface area contributed by atoms with Crippen LogP contribution in [0.2, 0.25) is 0 Å². The summed E-state index contributed by atoms with van der Waals surface area (Å²) < 4.78 is 5.45. The lowest BCUT2D eigenvalue weighted by Crippen LogP contribution is -2.48. The van der Waals surface area contributed by atoms with Gasteiger partial charge in [0.25, 0.3) is 0 Å². The minimum Gasteiger partial charge on any atom is -0.496 e. The van der Waals surface area contributed by atoms with E-state index >= 15 is 0 Å². The Morgan fingerprint density at radius 3 is 2.67 bits per heavy atom. The van der Waals surface area contributed by atoms with E-state index in [1.165, 1.54) is 5.56 Å². The second-order valence-corrected chi connectivity index (χ2v) is 5.74. The Balaban J connectivity index is 1.95. The van der Waals surface area contributed by atoms with Gasteiger partial charge in [-0.25, -0.2) is 0 Å². The molecule has 18 heavy (non-hydrogen) atoms. The normalized spacial score (nSPS) is 16.4. The number of para-hydroxylation sites is 1. The van der Waals surface area contributed by atoms with Gasteiger partial charge in [0, 0.05) is 37.2 Å². The molecule has 0 bridgehead atoms. The average molecular weight is 248 g/mol. The highest BCUT2D eigenvalue weighted by Crippen LogP contribution is 2.30. The largest absolute Gasteiger partial charge is 0.496 e. The molecule has 0 spiro atoms. The molecule has 0 aliphatic carbocycles. The van der Waals surface area contributed by atoms with Gasteiger partial charge in [-0.05, 0) is 12.0 Å². The molecular formula is C15H24N2O. The van der Waals surface area contributed by atoms with Gasteiger partial charge >= 0.3 is 0 Å². The number of hydrogen-bond acceptors (Lipinski definition) is 3. The fourth-order valence-electron chi connectivity index (χ4n) is 2.38. The number of methoxy groups -OCH3 is 1. The van der Waals surface area contributed by atoms with Crippen LogP contribution in [0.5, 0.6) is 5.75 Å². The van der Waals surface area contributed by atoms with Crippen molar-refractivity contribution in [2.24, 2.45) is 5.92 Å². The van der Waals surface area contributed by atoms with Gasteiger partial charge in [-0.1, -0.05) is 32.0 Å². The Morgan fingerprint density at radius 2 is 2.06 bits per heavy atom. The lowest BCUT2D eigenvalue weighted by atomic mass is 9.83. The molecule has 2 N–H and O–H groups in total. The summed E-state index contributed by atoms with van der Waals surface area (Å²) >= 11 is 0. The molecule has 3 nitrogen and oxygen atoms in total. The second-order valence-electron chi connectivity index (χ2n) is 5.74. The van der Waals surface area contributed by atoms with Gasteiger partial charge in [-0.15, -0.1) is 0 Å². The predicted octanol–water partition coefficient (Wildman–Crippen LogP) is 1.78. The molecule has 1 aliphatic heterocycles. The molecule has 0 saturated carbocycles. The third kappa shape index (κ3) is 3.03. The average Bonchev–Trinajstić information content (AvgIpc) is 2.32. The van der Waals surface area contributed by atoms with E-state index in [0.717, 1.165) is 37.8 Å². The van der Waals surface area contributed by atoms with E-state index in [1.54, 1.807) is 7.11 Å². The SMILES string of the molecule is COc1ccccc1C(C)(C)CNCC1CNC1. The van der Waals surface area contributed by atoms with Crippen LogP contribution in [-0.4, -0.2) is 33.3 Å². The van der Waals surface area contributed by atoms with E-state index < -0.39 is 0 Å². The minimum absolute atomic E-state index is 0.0871. The molecule has 1 heterocycles.